The van der Waals surface area contributed by atoms with Gasteiger partial charge in [-0.2, -0.15) is 4.98 Å². The third-order valence-electron chi connectivity index (χ3n) is 4.29. The lowest BCUT2D eigenvalue weighted by Crippen LogP contribution is -2.15. The molecule has 4 rings (SSSR count). The molecule has 0 unspecified atom stereocenters. The molecule has 26 heavy (non-hydrogen) atoms. The molecule has 0 aliphatic carbocycles. The predicted octanol–water partition coefficient (Wildman–Crippen LogP) is 4.11. The Morgan fingerprint density at radius 3 is 2.62 bits per heavy atom. The molecule has 5 heteroatoms. The lowest BCUT2D eigenvalue weighted by Gasteiger charge is -2.06. The van der Waals surface area contributed by atoms with Crippen LogP contribution in [0.5, 0.6) is 0 Å². The van der Waals surface area contributed by atoms with E-state index in [9.17, 15) is 4.79 Å². The van der Waals surface area contributed by atoms with Gasteiger partial charge in [0.25, 0.3) is 0 Å². The van der Waals surface area contributed by atoms with Crippen LogP contribution in [0, 0.1) is 6.92 Å². The Balaban J connectivity index is 1.49. The standard InChI is InChI=1S/C21H18N4O/c1-14-9-11-16(12-10-14)20-23-21(25-24-20)22-19(26)13-17-7-4-6-15-5-2-3-8-18(15)17/h2-12H,13H2,1H3,(H2,22,23,24,25,26). The van der Waals surface area contributed by atoms with Gasteiger partial charge in [0, 0.05) is 5.56 Å². The molecule has 0 radical (unpaired) electrons. The second-order valence-corrected chi connectivity index (χ2v) is 6.24. The molecule has 1 amide bonds. The number of hydrogen-bond donors (Lipinski definition) is 2. The second kappa shape index (κ2) is 6.80. The molecule has 0 aliphatic rings. The van der Waals surface area contributed by atoms with Crippen molar-refractivity contribution in [3.63, 3.8) is 0 Å². The maximum atomic E-state index is 12.4. The largest absolute Gasteiger partial charge is 0.293 e. The van der Waals surface area contributed by atoms with E-state index in [1.54, 1.807) is 0 Å². The van der Waals surface area contributed by atoms with E-state index >= 15 is 0 Å². The third-order valence-corrected chi connectivity index (χ3v) is 4.29. The molecule has 0 spiro atoms. The molecule has 128 valence electrons. The molecule has 0 bridgehead atoms. The van der Waals surface area contributed by atoms with Crippen molar-refractivity contribution in [3.05, 3.63) is 77.9 Å². The summed E-state index contributed by atoms with van der Waals surface area (Å²) in [6, 6.07) is 22.0. The fraction of sp³-hybridized carbons (Fsp3) is 0.0952. The number of aromatic nitrogens is 3. The zero-order valence-corrected chi connectivity index (χ0v) is 14.4. The van der Waals surface area contributed by atoms with Gasteiger partial charge < -0.3 is 0 Å². The number of benzene rings is 3. The Hall–Kier alpha value is -3.47. The fourth-order valence-electron chi connectivity index (χ4n) is 2.95. The molecule has 0 fully saturated rings. The predicted molar refractivity (Wildman–Crippen MR) is 103 cm³/mol. The first-order valence-electron chi connectivity index (χ1n) is 8.45. The molecule has 1 aromatic heterocycles. The smallest absolute Gasteiger partial charge is 0.249 e. The van der Waals surface area contributed by atoms with Crippen molar-refractivity contribution >= 4 is 22.6 Å². The topological polar surface area (TPSA) is 70.7 Å². The first-order chi connectivity index (χ1) is 12.7. The van der Waals surface area contributed by atoms with Crippen LogP contribution in [-0.4, -0.2) is 21.1 Å². The molecule has 1 heterocycles. The number of aromatic amines is 1. The zero-order chi connectivity index (χ0) is 17.9. The minimum absolute atomic E-state index is 0.143. The van der Waals surface area contributed by atoms with E-state index in [1.807, 2.05) is 73.7 Å². The second-order valence-electron chi connectivity index (χ2n) is 6.24. The van der Waals surface area contributed by atoms with Crippen LogP contribution in [-0.2, 0) is 11.2 Å². The van der Waals surface area contributed by atoms with E-state index < -0.39 is 0 Å². The van der Waals surface area contributed by atoms with Gasteiger partial charge >= 0.3 is 0 Å². The van der Waals surface area contributed by atoms with Gasteiger partial charge in [-0.05, 0) is 23.3 Å². The van der Waals surface area contributed by atoms with Crippen LogP contribution >= 0.6 is 0 Å². The number of rotatable bonds is 4. The third kappa shape index (κ3) is 3.32. The average Bonchev–Trinajstić information content (AvgIpc) is 3.11. The highest BCUT2D eigenvalue weighted by Gasteiger charge is 2.11. The van der Waals surface area contributed by atoms with Gasteiger partial charge in [-0.1, -0.05) is 72.3 Å². The van der Waals surface area contributed by atoms with Crippen molar-refractivity contribution < 1.29 is 4.79 Å². The highest BCUT2D eigenvalue weighted by molar-refractivity contribution is 5.95. The number of anilines is 1. The lowest BCUT2D eigenvalue weighted by molar-refractivity contribution is -0.115. The zero-order valence-electron chi connectivity index (χ0n) is 14.4. The van der Waals surface area contributed by atoms with Crippen molar-refractivity contribution in [1.82, 2.24) is 15.2 Å². The number of carbonyl (C=O) groups excluding carboxylic acids is 1. The number of carbonyl (C=O) groups is 1. The summed E-state index contributed by atoms with van der Waals surface area (Å²) >= 11 is 0. The van der Waals surface area contributed by atoms with Crippen LogP contribution < -0.4 is 5.32 Å². The Labute approximate surface area is 151 Å². The number of hydrogen-bond acceptors (Lipinski definition) is 3. The summed E-state index contributed by atoms with van der Waals surface area (Å²) in [4.78, 5) is 16.8. The molecule has 3 aromatic carbocycles. The quantitative estimate of drug-likeness (QED) is 0.586. The maximum Gasteiger partial charge on any atom is 0.249 e. The van der Waals surface area contributed by atoms with Crippen LogP contribution in [0.1, 0.15) is 11.1 Å². The summed E-state index contributed by atoms with van der Waals surface area (Å²) in [7, 11) is 0. The maximum absolute atomic E-state index is 12.4. The summed E-state index contributed by atoms with van der Waals surface area (Å²) in [6.45, 7) is 2.03. The highest BCUT2D eigenvalue weighted by atomic mass is 16.1. The van der Waals surface area contributed by atoms with Gasteiger partial charge in [-0.15, -0.1) is 5.10 Å². The molecule has 0 atom stereocenters. The van der Waals surface area contributed by atoms with E-state index in [-0.39, 0.29) is 18.3 Å². The molecular formula is C21H18N4O. The lowest BCUT2D eigenvalue weighted by atomic mass is 10.0. The molecule has 0 aliphatic heterocycles. The van der Waals surface area contributed by atoms with E-state index in [0.717, 1.165) is 21.9 Å². The molecule has 0 saturated heterocycles. The van der Waals surface area contributed by atoms with Gasteiger partial charge in [0.05, 0.1) is 6.42 Å². The summed E-state index contributed by atoms with van der Waals surface area (Å²) in [5.74, 6) is 0.770. The van der Waals surface area contributed by atoms with Crippen LogP contribution in [0.25, 0.3) is 22.2 Å². The average molecular weight is 342 g/mol. The molecular weight excluding hydrogens is 324 g/mol. The van der Waals surface area contributed by atoms with Crippen molar-refractivity contribution in [3.8, 4) is 11.4 Å². The van der Waals surface area contributed by atoms with Gasteiger partial charge in [0.2, 0.25) is 11.9 Å². The molecule has 4 aromatic rings. The van der Waals surface area contributed by atoms with Crippen LogP contribution in [0.2, 0.25) is 0 Å². The molecule has 2 N–H and O–H groups in total. The number of H-pyrrole nitrogens is 1. The van der Waals surface area contributed by atoms with E-state index in [0.29, 0.717) is 5.82 Å². The van der Waals surface area contributed by atoms with Crippen LogP contribution in [0.15, 0.2) is 66.7 Å². The minimum Gasteiger partial charge on any atom is -0.293 e. The van der Waals surface area contributed by atoms with Crippen molar-refractivity contribution in [2.24, 2.45) is 0 Å². The SMILES string of the molecule is Cc1ccc(-c2nc(NC(=O)Cc3cccc4ccccc34)n[nH]2)cc1. The normalized spacial score (nSPS) is 10.8. The van der Waals surface area contributed by atoms with Gasteiger partial charge in [0.15, 0.2) is 5.82 Å². The Bertz CT molecular complexity index is 1060. The van der Waals surface area contributed by atoms with Crippen LogP contribution in [0.4, 0.5) is 5.95 Å². The van der Waals surface area contributed by atoms with Crippen molar-refractivity contribution in [2.75, 3.05) is 5.32 Å². The van der Waals surface area contributed by atoms with Gasteiger partial charge in [-0.25, -0.2) is 0 Å². The number of aryl methyl sites for hydroxylation is 1. The molecule has 5 nitrogen and oxygen atoms in total. The highest BCUT2D eigenvalue weighted by Crippen LogP contribution is 2.20. The number of amides is 1. The fourth-order valence-corrected chi connectivity index (χ4v) is 2.95. The van der Waals surface area contributed by atoms with Gasteiger partial charge in [0.1, 0.15) is 0 Å². The summed E-state index contributed by atoms with van der Waals surface area (Å²) in [6.07, 6.45) is 0.274. The summed E-state index contributed by atoms with van der Waals surface area (Å²) < 4.78 is 0. The Morgan fingerprint density at radius 2 is 1.77 bits per heavy atom. The molecule has 0 saturated carbocycles. The Morgan fingerprint density at radius 1 is 1.00 bits per heavy atom. The van der Waals surface area contributed by atoms with Gasteiger partial charge in [-0.3, -0.25) is 15.2 Å². The number of nitrogens with zero attached hydrogens (tertiary/aromatic N) is 2. The van der Waals surface area contributed by atoms with E-state index in [4.69, 9.17) is 0 Å². The minimum atomic E-state index is -0.143. The number of fused-ring (bicyclic) bond motifs is 1. The first-order valence-corrected chi connectivity index (χ1v) is 8.45. The van der Waals surface area contributed by atoms with Crippen molar-refractivity contribution in [1.29, 1.82) is 0 Å². The Kier molecular flexibility index (Phi) is 4.19. The summed E-state index contributed by atoms with van der Waals surface area (Å²) in [5.41, 5.74) is 3.09. The van der Waals surface area contributed by atoms with E-state index in [2.05, 4.69) is 20.5 Å². The van der Waals surface area contributed by atoms with Crippen molar-refractivity contribution in [2.45, 2.75) is 13.3 Å². The van der Waals surface area contributed by atoms with E-state index in [1.165, 1.54) is 5.56 Å². The first kappa shape index (κ1) is 16.0. The van der Waals surface area contributed by atoms with Crippen LogP contribution in [0.3, 0.4) is 0 Å². The number of nitrogens with one attached hydrogen (secondary N) is 2. The summed E-state index contributed by atoms with van der Waals surface area (Å²) in [5, 5.41) is 11.9. The monoisotopic (exact) mass is 342 g/mol.